The summed E-state index contributed by atoms with van der Waals surface area (Å²) in [4.78, 5) is 4.47. The fraction of sp³-hybridized carbons (Fsp3) is 0.824. The van der Waals surface area contributed by atoms with Crippen molar-refractivity contribution in [3.63, 3.8) is 0 Å². The van der Waals surface area contributed by atoms with Gasteiger partial charge in [-0.1, -0.05) is 26.7 Å². The molecule has 0 amide bonds. The van der Waals surface area contributed by atoms with Crippen LogP contribution in [-0.2, 0) is 13.5 Å². The van der Waals surface area contributed by atoms with Gasteiger partial charge in [0.05, 0.1) is 0 Å². The van der Waals surface area contributed by atoms with E-state index in [9.17, 15) is 0 Å². The van der Waals surface area contributed by atoms with Gasteiger partial charge in [0.25, 0.3) is 0 Å². The first-order valence-electron chi connectivity index (χ1n) is 8.44. The molecule has 0 saturated heterocycles. The second-order valence-electron chi connectivity index (χ2n) is 6.39. The predicted octanol–water partition coefficient (Wildman–Crippen LogP) is 3.55. The summed E-state index contributed by atoms with van der Waals surface area (Å²) in [5.41, 5.74) is 0. The molecule has 1 heterocycles. The van der Waals surface area contributed by atoms with E-state index in [2.05, 4.69) is 42.0 Å². The molecule has 3 atom stereocenters. The van der Waals surface area contributed by atoms with E-state index in [4.69, 9.17) is 0 Å². The topological polar surface area (TPSA) is 29.9 Å². The van der Waals surface area contributed by atoms with Crippen molar-refractivity contribution in [1.82, 2.24) is 14.9 Å². The minimum Gasteiger partial charge on any atom is -0.338 e. The van der Waals surface area contributed by atoms with Crippen LogP contribution in [0.3, 0.4) is 0 Å². The van der Waals surface area contributed by atoms with Gasteiger partial charge in [0, 0.05) is 31.9 Å². The van der Waals surface area contributed by atoms with Gasteiger partial charge in [-0.05, 0) is 44.1 Å². The van der Waals surface area contributed by atoms with Gasteiger partial charge in [-0.25, -0.2) is 4.98 Å². The first-order chi connectivity index (χ1) is 9.74. The second-order valence-corrected chi connectivity index (χ2v) is 6.39. The first-order valence-corrected chi connectivity index (χ1v) is 8.44. The van der Waals surface area contributed by atoms with Crippen molar-refractivity contribution in [3.05, 3.63) is 18.2 Å². The molecule has 1 fully saturated rings. The third-order valence-corrected chi connectivity index (χ3v) is 4.91. The SMILES string of the molecule is CCCC1CCC(NCC)C(CCc2nccn2C)C1. The maximum Gasteiger partial charge on any atom is 0.108 e. The van der Waals surface area contributed by atoms with Gasteiger partial charge < -0.3 is 9.88 Å². The van der Waals surface area contributed by atoms with E-state index < -0.39 is 0 Å². The van der Waals surface area contributed by atoms with Crippen molar-refractivity contribution >= 4 is 0 Å². The molecular formula is C17H31N3. The van der Waals surface area contributed by atoms with Crippen LogP contribution in [0.5, 0.6) is 0 Å². The van der Waals surface area contributed by atoms with E-state index in [0.717, 1.165) is 30.8 Å². The van der Waals surface area contributed by atoms with E-state index >= 15 is 0 Å². The Balaban J connectivity index is 1.90. The van der Waals surface area contributed by atoms with Gasteiger partial charge in [0.1, 0.15) is 5.82 Å². The summed E-state index contributed by atoms with van der Waals surface area (Å²) in [5.74, 6) is 3.02. The molecule has 0 spiro atoms. The third-order valence-electron chi connectivity index (χ3n) is 4.91. The van der Waals surface area contributed by atoms with E-state index in [-0.39, 0.29) is 0 Å². The first kappa shape index (κ1) is 15.6. The summed E-state index contributed by atoms with van der Waals surface area (Å²) in [6.45, 7) is 5.65. The molecular weight excluding hydrogens is 246 g/mol. The van der Waals surface area contributed by atoms with Crippen LogP contribution in [0, 0.1) is 11.8 Å². The highest BCUT2D eigenvalue weighted by Gasteiger charge is 2.29. The van der Waals surface area contributed by atoms with Crippen LogP contribution in [0.1, 0.15) is 58.2 Å². The number of aryl methyl sites for hydroxylation is 2. The molecule has 20 heavy (non-hydrogen) atoms. The second kappa shape index (κ2) is 7.82. The molecule has 3 nitrogen and oxygen atoms in total. The van der Waals surface area contributed by atoms with Crippen molar-refractivity contribution in [2.24, 2.45) is 18.9 Å². The van der Waals surface area contributed by atoms with Crippen molar-refractivity contribution in [3.8, 4) is 0 Å². The van der Waals surface area contributed by atoms with Gasteiger partial charge in [0.2, 0.25) is 0 Å². The molecule has 1 N–H and O–H groups in total. The van der Waals surface area contributed by atoms with Crippen LogP contribution in [0.4, 0.5) is 0 Å². The highest BCUT2D eigenvalue weighted by atomic mass is 15.0. The number of hydrogen-bond donors (Lipinski definition) is 1. The van der Waals surface area contributed by atoms with Gasteiger partial charge in [0.15, 0.2) is 0 Å². The molecule has 0 aromatic carbocycles. The van der Waals surface area contributed by atoms with E-state index in [0.29, 0.717) is 0 Å². The molecule has 1 aliphatic carbocycles. The van der Waals surface area contributed by atoms with Crippen LogP contribution in [-0.4, -0.2) is 22.1 Å². The summed E-state index contributed by atoms with van der Waals surface area (Å²) < 4.78 is 2.16. The molecule has 3 heteroatoms. The molecule has 0 aliphatic heterocycles. The zero-order valence-electron chi connectivity index (χ0n) is 13.4. The number of imidazole rings is 1. The zero-order chi connectivity index (χ0) is 14.4. The lowest BCUT2D eigenvalue weighted by atomic mass is 9.74. The maximum absolute atomic E-state index is 4.47. The minimum atomic E-state index is 0.730. The summed E-state index contributed by atoms with van der Waals surface area (Å²) in [6, 6.07) is 0.730. The van der Waals surface area contributed by atoms with Crippen molar-refractivity contribution in [2.45, 2.75) is 64.8 Å². The lowest BCUT2D eigenvalue weighted by Gasteiger charge is -2.37. The van der Waals surface area contributed by atoms with Gasteiger partial charge in [-0.15, -0.1) is 0 Å². The molecule has 1 aromatic heterocycles. The molecule has 114 valence electrons. The standard InChI is InChI=1S/C17H31N3/c1-4-6-14-7-9-16(18-5-2)15(13-14)8-10-17-19-11-12-20(17)3/h11-12,14-16,18H,4-10,13H2,1-3H3. The molecule has 1 aromatic rings. The van der Waals surface area contributed by atoms with Gasteiger partial charge in [-0.3, -0.25) is 0 Å². The largest absolute Gasteiger partial charge is 0.338 e. The normalized spacial score (nSPS) is 26.9. The quantitative estimate of drug-likeness (QED) is 0.826. The van der Waals surface area contributed by atoms with Crippen LogP contribution in [0.15, 0.2) is 12.4 Å². The van der Waals surface area contributed by atoms with E-state index in [1.54, 1.807) is 0 Å². The highest BCUT2D eigenvalue weighted by Crippen LogP contribution is 2.34. The molecule has 1 saturated carbocycles. The van der Waals surface area contributed by atoms with Gasteiger partial charge in [-0.2, -0.15) is 0 Å². The predicted molar refractivity (Wildman–Crippen MR) is 84.7 cm³/mol. The van der Waals surface area contributed by atoms with Gasteiger partial charge >= 0.3 is 0 Å². The van der Waals surface area contributed by atoms with Crippen LogP contribution in [0.2, 0.25) is 0 Å². The Labute approximate surface area is 124 Å². The Morgan fingerprint density at radius 2 is 2.15 bits per heavy atom. The average Bonchev–Trinajstić information content (AvgIpc) is 2.85. The Bertz CT molecular complexity index is 385. The number of nitrogens with one attached hydrogen (secondary N) is 1. The lowest BCUT2D eigenvalue weighted by Crippen LogP contribution is -2.40. The summed E-state index contributed by atoms with van der Waals surface area (Å²) in [5, 5.41) is 3.71. The Kier molecular flexibility index (Phi) is 6.08. The van der Waals surface area contributed by atoms with Crippen molar-refractivity contribution in [2.75, 3.05) is 6.54 Å². The fourth-order valence-electron chi connectivity index (χ4n) is 3.83. The smallest absolute Gasteiger partial charge is 0.108 e. The minimum absolute atomic E-state index is 0.730. The molecule has 3 unspecified atom stereocenters. The van der Waals surface area contributed by atoms with Crippen LogP contribution < -0.4 is 5.32 Å². The van der Waals surface area contributed by atoms with E-state index in [1.807, 2.05) is 6.20 Å². The Hall–Kier alpha value is -0.830. The Morgan fingerprint density at radius 1 is 1.30 bits per heavy atom. The van der Waals surface area contributed by atoms with Crippen molar-refractivity contribution < 1.29 is 0 Å². The zero-order valence-corrected chi connectivity index (χ0v) is 13.4. The van der Waals surface area contributed by atoms with Crippen LogP contribution in [0.25, 0.3) is 0 Å². The molecule has 2 rings (SSSR count). The molecule has 1 aliphatic rings. The average molecular weight is 277 g/mol. The number of aromatic nitrogens is 2. The highest BCUT2D eigenvalue weighted by molar-refractivity contribution is 4.93. The van der Waals surface area contributed by atoms with Crippen molar-refractivity contribution in [1.29, 1.82) is 0 Å². The number of rotatable bonds is 7. The molecule has 0 radical (unpaired) electrons. The maximum atomic E-state index is 4.47. The fourth-order valence-corrected chi connectivity index (χ4v) is 3.83. The summed E-state index contributed by atoms with van der Waals surface area (Å²) >= 11 is 0. The lowest BCUT2D eigenvalue weighted by molar-refractivity contribution is 0.186. The Morgan fingerprint density at radius 3 is 2.80 bits per heavy atom. The summed E-state index contributed by atoms with van der Waals surface area (Å²) in [7, 11) is 2.10. The van der Waals surface area contributed by atoms with E-state index in [1.165, 1.54) is 44.3 Å². The monoisotopic (exact) mass is 277 g/mol. The molecule has 0 bridgehead atoms. The number of hydrogen-bond acceptors (Lipinski definition) is 2. The van der Waals surface area contributed by atoms with Crippen LogP contribution >= 0.6 is 0 Å². The number of nitrogens with zero attached hydrogens (tertiary/aromatic N) is 2. The third kappa shape index (κ3) is 4.08. The summed E-state index contributed by atoms with van der Waals surface area (Å²) in [6.07, 6.45) is 13.3.